The van der Waals surface area contributed by atoms with Crippen LogP contribution < -0.4 is 4.74 Å². The predicted octanol–water partition coefficient (Wildman–Crippen LogP) is 5.49. The molecule has 0 fully saturated rings. The normalized spacial score (nSPS) is 10.6. The smallest absolute Gasteiger partial charge is 0.343 e. The molecule has 0 heterocycles. The maximum Gasteiger partial charge on any atom is 0.343 e. The van der Waals surface area contributed by atoms with Crippen molar-refractivity contribution >= 4 is 54.3 Å². The molecule has 24 heavy (non-hydrogen) atoms. The molecule has 0 bridgehead atoms. The SMILES string of the molecule is O=C(Oc1ccc2cc(Br)ccc2c1Br)c1cccc([N+](=O)[O-])c1. The molecule has 0 spiro atoms. The van der Waals surface area contributed by atoms with E-state index in [0.717, 1.165) is 15.2 Å². The summed E-state index contributed by atoms with van der Waals surface area (Å²) in [5, 5.41) is 12.7. The molecular weight excluding hydrogens is 442 g/mol. The Kier molecular flexibility index (Phi) is 4.64. The number of nitrogens with zero attached hydrogens (tertiary/aromatic N) is 1. The zero-order valence-electron chi connectivity index (χ0n) is 12.0. The number of carbonyl (C=O) groups is 1. The molecule has 5 nitrogen and oxygen atoms in total. The minimum atomic E-state index is -0.657. The molecule has 0 aliphatic rings. The Labute approximate surface area is 153 Å². The van der Waals surface area contributed by atoms with Gasteiger partial charge in [0.05, 0.1) is 15.0 Å². The van der Waals surface area contributed by atoms with Crippen LogP contribution in [0.3, 0.4) is 0 Å². The minimum Gasteiger partial charge on any atom is -0.422 e. The van der Waals surface area contributed by atoms with Gasteiger partial charge in [0.1, 0.15) is 5.75 Å². The van der Waals surface area contributed by atoms with Crippen LogP contribution in [0.15, 0.2) is 63.5 Å². The lowest BCUT2D eigenvalue weighted by molar-refractivity contribution is -0.384. The maximum atomic E-state index is 12.3. The Balaban J connectivity index is 1.93. The first kappa shape index (κ1) is 16.6. The van der Waals surface area contributed by atoms with Gasteiger partial charge >= 0.3 is 5.97 Å². The fourth-order valence-corrected chi connectivity index (χ4v) is 3.18. The van der Waals surface area contributed by atoms with Gasteiger partial charge in [0.25, 0.3) is 5.69 Å². The highest BCUT2D eigenvalue weighted by Gasteiger charge is 2.15. The molecule has 3 rings (SSSR count). The second-order valence-corrected chi connectivity index (χ2v) is 6.65. The van der Waals surface area contributed by atoms with Gasteiger partial charge < -0.3 is 4.74 Å². The van der Waals surface area contributed by atoms with E-state index in [4.69, 9.17) is 4.74 Å². The van der Waals surface area contributed by atoms with Gasteiger partial charge in [-0.15, -0.1) is 0 Å². The van der Waals surface area contributed by atoms with Crippen LogP contribution in [-0.2, 0) is 0 Å². The number of esters is 1. The number of nitro benzene ring substituents is 1. The first-order valence-corrected chi connectivity index (χ1v) is 8.39. The average molecular weight is 451 g/mol. The van der Waals surface area contributed by atoms with Crippen LogP contribution in [0, 0.1) is 10.1 Å². The van der Waals surface area contributed by atoms with Gasteiger partial charge in [-0.25, -0.2) is 4.79 Å². The van der Waals surface area contributed by atoms with Gasteiger partial charge in [0.15, 0.2) is 0 Å². The van der Waals surface area contributed by atoms with Crippen molar-refractivity contribution in [2.45, 2.75) is 0 Å². The molecule has 120 valence electrons. The molecule has 7 heteroatoms. The number of fused-ring (bicyclic) bond motifs is 1. The summed E-state index contributed by atoms with van der Waals surface area (Å²) in [5.41, 5.74) is -0.0427. The van der Waals surface area contributed by atoms with Gasteiger partial charge in [-0.3, -0.25) is 10.1 Å². The van der Waals surface area contributed by atoms with Gasteiger partial charge in [0.2, 0.25) is 0 Å². The minimum absolute atomic E-state index is 0.118. The number of nitro groups is 1. The molecule has 0 aliphatic heterocycles. The third-order valence-electron chi connectivity index (χ3n) is 3.38. The zero-order chi connectivity index (χ0) is 17.3. The number of ether oxygens (including phenoxy) is 1. The van der Waals surface area contributed by atoms with Crippen molar-refractivity contribution in [3.05, 3.63) is 79.2 Å². The highest BCUT2D eigenvalue weighted by molar-refractivity contribution is 9.11. The van der Waals surface area contributed by atoms with Crippen molar-refractivity contribution in [1.82, 2.24) is 0 Å². The van der Waals surface area contributed by atoms with Crippen LogP contribution in [0.2, 0.25) is 0 Å². The van der Waals surface area contributed by atoms with Crippen molar-refractivity contribution in [3.8, 4) is 5.75 Å². The molecule has 0 atom stereocenters. The van der Waals surface area contributed by atoms with Crippen LogP contribution >= 0.6 is 31.9 Å². The highest BCUT2D eigenvalue weighted by Crippen LogP contribution is 2.34. The Morgan fingerprint density at radius 1 is 1.04 bits per heavy atom. The Morgan fingerprint density at radius 2 is 1.83 bits per heavy atom. The second kappa shape index (κ2) is 6.70. The molecule has 0 aliphatic carbocycles. The van der Waals surface area contributed by atoms with E-state index in [9.17, 15) is 14.9 Å². The number of non-ortho nitro benzene ring substituents is 1. The standard InChI is InChI=1S/C17H9Br2NO4/c18-12-5-6-14-10(8-12)4-7-15(16(14)19)24-17(21)11-2-1-3-13(9-11)20(22)23/h1-9H. The fourth-order valence-electron chi connectivity index (χ4n) is 2.23. The van der Waals surface area contributed by atoms with Gasteiger partial charge in [-0.2, -0.15) is 0 Å². The van der Waals surface area contributed by atoms with E-state index in [1.807, 2.05) is 24.3 Å². The third-order valence-corrected chi connectivity index (χ3v) is 4.69. The largest absolute Gasteiger partial charge is 0.422 e. The van der Waals surface area contributed by atoms with E-state index in [2.05, 4.69) is 31.9 Å². The molecule has 0 N–H and O–H groups in total. The van der Waals surface area contributed by atoms with Crippen molar-refractivity contribution in [2.24, 2.45) is 0 Å². The van der Waals surface area contributed by atoms with Crippen LogP contribution in [0.25, 0.3) is 10.8 Å². The quantitative estimate of drug-likeness (QED) is 0.229. The maximum absolute atomic E-state index is 12.3. The number of halogens is 2. The number of rotatable bonds is 3. The van der Waals surface area contributed by atoms with Crippen LogP contribution in [0.4, 0.5) is 5.69 Å². The van der Waals surface area contributed by atoms with E-state index in [0.29, 0.717) is 10.2 Å². The van der Waals surface area contributed by atoms with E-state index < -0.39 is 10.9 Å². The second-order valence-electron chi connectivity index (χ2n) is 4.94. The molecule has 0 saturated heterocycles. The summed E-state index contributed by atoms with van der Waals surface area (Å²) in [6.07, 6.45) is 0. The predicted molar refractivity (Wildman–Crippen MR) is 97.4 cm³/mol. The lowest BCUT2D eigenvalue weighted by Gasteiger charge is -2.09. The van der Waals surface area contributed by atoms with Crippen molar-refractivity contribution in [1.29, 1.82) is 0 Å². The molecule has 0 aromatic heterocycles. The van der Waals surface area contributed by atoms with E-state index in [1.54, 1.807) is 6.07 Å². The van der Waals surface area contributed by atoms with Crippen LogP contribution in [0.1, 0.15) is 10.4 Å². The molecule has 0 amide bonds. The van der Waals surface area contributed by atoms with Crippen LogP contribution in [-0.4, -0.2) is 10.9 Å². The van der Waals surface area contributed by atoms with Gasteiger partial charge in [-0.1, -0.05) is 34.1 Å². The summed E-state index contributed by atoms with van der Waals surface area (Å²) in [7, 11) is 0. The first-order valence-electron chi connectivity index (χ1n) is 6.80. The van der Waals surface area contributed by atoms with Crippen molar-refractivity contribution < 1.29 is 14.5 Å². The summed E-state index contributed by atoms with van der Waals surface area (Å²) >= 11 is 6.85. The Hall–Kier alpha value is -2.25. The topological polar surface area (TPSA) is 69.4 Å². The lowest BCUT2D eigenvalue weighted by Crippen LogP contribution is -2.09. The van der Waals surface area contributed by atoms with E-state index in [1.165, 1.54) is 24.3 Å². The first-order chi connectivity index (χ1) is 11.5. The van der Waals surface area contributed by atoms with Crippen molar-refractivity contribution in [2.75, 3.05) is 0 Å². The Bertz CT molecular complexity index is 972. The molecule has 0 unspecified atom stereocenters. The molecule has 3 aromatic rings. The number of benzene rings is 3. The lowest BCUT2D eigenvalue weighted by atomic mass is 10.1. The van der Waals surface area contributed by atoms with Crippen molar-refractivity contribution in [3.63, 3.8) is 0 Å². The van der Waals surface area contributed by atoms with E-state index in [-0.39, 0.29) is 11.3 Å². The summed E-state index contributed by atoms with van der Waals surface area (Å²) in [6.45, 7) is 0. The summed E-state index contributed by atoms with van der Waals surface area (Å²) < 4.78 is 6.98. The summed E-state index contributed by atoms with van der Waals surface area (Å²) in [6, 6.07) is 14.7. The number of carbonyl (C=O) groups excluding carboxylic acids is 1. The Morgan fingerprint density at radius 3 is 2.58 bits per heavy atom. The van der Waals surface area contributed by atoms with E-state index >= 15 is 0 Å². The van der Waals surface area contributed by atoms with Gasteiger partial charge in [-0.05, 0) is 51.0 Å². The zero-order valence-corrected chi connectivity index (χ0v) is 15.2. The third kappa shape index (κ3) is 3.32. The number of hydrogen-bond donors (Lipinski definition) is 0. The fraction of sp³-hybridized carbons (Fsp3) is 0. The van der Waals surface area contributed by atoms with Crippen LogP contribution in [0.5, 0.6) is 5.75 Å². The molecule has 0 saturated carbocycles. The van der Waals surface area contributed by atoms with Gasteiger partial charge in [0, 0.05) is 16.6 Å². The summed E-state index contributed by atoms with van der Waals surface area (Å²) in [4.78, 5) is 22.5. The number of hydrogen-bond acceptors (Lipinski definition) is 4. The molecular formula is C17H9Br2NO4. The average Bonchev–Trinajstić information content (AvgIpc) is 2.57. The molecule has 0 radical (unpaired) electrons. The summed E-state index contributed by atoms with van der Waals surface area (Å²) in [5.74, 6) is -0.308. The molecule has 3 aromatic carbocycles. The monoisotopic (exact) mass is 449 g/mol. The highest BCUT2D eigenvalue weighted by atomic mass is 79.9.